The van der Waals surface area contributed by atoms with Crippen molar-refractivity contribution in [3.63, 3.8) is 0 Å². The van der Waals surface area contributed by atoms with E-state index in [1.54, 1.807) is 24.3 Å². The number of phenols is 1. The van der Waals surface area contributed by atoms with Gasteiger partial charge in [0.05, 0.1) is 26.1 Å². The van der Waals surface area contributed by atoms with Crippen LogP contribution in [0.4, 0.5) is 18.9 Å². The topological polar surface area (TPSA) is 108 Å². The number of nitrogens with one attached hydrogen (secondary N) is 2. The summed E-state index contributed by atoms with van der Waals surface area (Å²) >= 11 is 6.59. The Morgan fingerprint density at radius 1 is 1.09 bits per heavy atom. The molecule has 0 spiro atoms. The lowest BCUT2D eigenvalue weighted by Crippen LogP contribution is -2.15. The Labute approximate surface area is 188 Å². The number of alkyl halides is 3. The van der Waals surface area contributed by atoms with Gasteiger partial charge < -0.3 is 5.11 Å². The van der Waals surface area contributed by atoms with E-state index in [1.807, 2.05) is 0 Å². The van der Waals surface area contributed by atoms with Gasteiger partial charge in [0.2, 0.25) is 0 Å². The van der Waals surface area contributed by atoms with E-state index in [0.29, 0.717) is 22.0 Å². The molecule has 0 aliphatic carbocycles. The number of hydrogen-bond acceptors (Lipinski definition) is 6. The quantitative estimate of drug-likeness (QED) is 0.321. The molecule has 4 rings (SSSR count). The lowest BCUT2D eigenvalue weighted by atomic mass is 10.1. The molecule has 0 atom stereocenters. The number of benzene rings is 3. The van der Waals surface area contributed by atoms with Crippen molar-refractivity contribution in [2.75, 3.05) is 4.72 Å². The zero-order valence-electron chi connectivity index (χ0n) is 15.7. The van der Waals surface area contributed by atoms with Crippen LogP contribution in [0, 0.1) is 0 Å². The first-order chi connectivity index (χ1) is 15.1. The van der Waals surface area contributed by atoms with Gasteiger partial charge in [-0.05, 0) is 36.0 Å². The first kappa shape index (κ1) is 22.2. The number of halogens is 4. The van der Waals surface area contributed by atoms with Gasteiger partial charge in [-0.3, -0.25) is 9.82 Å². The van der Waals surface area contributed by atoms with Crippen LogP contribution in [-0.4, -0.2) is 28.7 Å². The Morgan fingerprint density at radius 3 is 2.47 bits per heavy atom. The van der Waals surface area contributed by atoms with Gasteiger partial charge in [-0.1, -0.05) is 35.9 Å². The molecule has 0 amide bonds. The summed E-state index contributed by atoms with van der Waals surface area (Å²) in [6, 6.07) is 10.1. The van der Waals surface area contributed by atoms with E-state index in [4.69, 9.17) is 11.6 Å². The molecule has 3 N–H and O–H groups in total. The number of nitrogens with zero attached hydrogens (tertiary/aromatic N) is 2. The Balaban J connectivity index is 1.81. The molecule has 4 aromatic rings. The van der Waals surface area contributed by atoms with E-state index in [9.17, 15) is 26.7 Å². The van der Waals surface area contributed by atoms with Gasteiger partial charge >= 0.3 is 6.18 Å². The molecule has 1 heterocycles. The van der Waals surface area contributed by atoms with Crippen LogP contribution >= 0.6 is 23.4 Å². The highest BCUT2D eigenvalue weighted by Gasteiger charge is 2.34. The number of phenolic OH excluding ortho intramolecular Hbond substituents is 1. The second kappa shape index (κ2) is 8.19. The summed E-state index contributed by atoms with van der Waals surface area (Å²) in [6.07, 6.45) is -3.56. The third-order valence-corrected chi connectivity index (χ3v) is 6.99. The highest BCUT2D eigenvalue weighted by molar-refractivity contribution is 7.99. The van der Waals surface area contributed by atoms with Gasteiger partial charge in [-0.15, -0.1) is 0 Å². The fourth-order valence-corrected chi connectivity index (χ4v) is 5.05. The van der Waals surface area contributed by atoms with Crippen molar-refractivity contribution in [1.29, 1.82) is 0 Å². The fourth-order valence-electron chi connectivity index (χ4n) is 2.94. The minimum absolute atomic E-state index is 0.0592. The summed E-state index contributed by atoms with van der Waals surface area (Å²) in [5.41, 5.74) is -1.21. The highest BCUT2D eigenvalue weighted by atomic mass is 35.5. The van der Waals surface area contributed by atoms with Gasteiger partial charge in [-0.25, -0.2) is 13.4 Å². The molecular formula is C19H12ClF3N4O3S2. The molecule has 0 unspecified atom stereocenters. The number of fused-ring (bicyclic) bond motifs is 1. The number of aromatic hydroxyl groups is 1. The molecule has 13 heteroatoms. The van der Waals surface area contributed by atoms with Gasteiger partial charge in [0.1, 0.15) is 12.1 Å². The van der Waals surface area contributed by atoms with Gasteiger partial charge in [-0.2, -0.15) is 18.3 Å². The van der Waals surface area contributed by atoms with Crippen molar-refractivity contribution in [3.8, 4) is 5.75 Å². The van der Waals surface area contributed by atoms with Crippen molar-refractivity contribution < 1.29 is 26.7 Å². The van der Waals surface area contributed by atoms with E-state index >= 15 is 0 Å². The van der Waals surface area contributed by atoms with Crippen molar-refractivity contribution in [2.24, 2.45) is 0 Å². The molecule has 166 valence electrons. The highest BCUT2D eigenvalue weighted by Crippen LogP contribution is 2.42. The van der Waals surface area contributed by atoms with Gasteiger partial charge in [0.25, 0.3) is 10.0 Å². The van der Waals surface area contributed by atoms with Gasteiger partial charge in [0, 0.05) is 10.8 Å². The summed E-state index contributed by atoms with van der Waals surface area (Å²) in [6.45, 7) is 0. The van der Waals surface area contributed by atoms with Crippen LogP contribution < -0.4 is 4.72 Å². The number of rotatable bonds is 5. The molecule has 0 bridgehead atoms. The second-order valence-electron chi connectivity index (χ2n) is 6.45. The molecule has 7 nitrogen and oxygen atoms in total. The average Bonchev–Trinajstić information content (AvgIpc) is 3.24. The van der Waals surface area contributed by atoms with Crippen LogP contribution in [0.5, 0.6) is 5.75 Å². The van der Waals surface area contributed by atoms with Crippen LogP contribution in [0.25, 0.3) is 10.8 Å². The lowest BCUT2D eigenvalue weighted by Gasteiger charge is -2.15. The van der Waals surface area contributed by atoms with Crippen LogP contribution in [0.3, 0.4) is 0 Å². The van der Waals surface area contributed by atoms with E-state index < -0.39 is 31.7 Å². The summed E-state index contributed by atoms with van der Waals surface area (Å²) in [5.74, 6) is -0.115. The Bertz CT molecular complexity index is 1410. The molecule has 0 saturated carbocycles. The molecule has 0 aliphatic heterocycles. The van der Waals surface area contributed by atoms with Crippen molar-refractivity contribution in [1.82, 2.24) is 15.2 Å². The number of aromatic amines is 1. The first-order valence-electron chi connectivity index (χ1n) is 8.74. The Morgan fingerprint density at radius 2 is 1.81 bits per heavy atom. The molecular weight excluding hydrogens is 489 g/mol. The molecule has 0 radical (unpaired) electrons. The monoisotopic (exact) mass is 500 g/mol. The maximum atomic E-state index is 13.2. The normalized spacial score (nSPS) is 12.2. The zero-order chi connectivity index (χ0) is 23.1. The molecule has 3 aromatic carbocycles. The smallest absolute Gasteiger partial charge is 0.417 e. The van der Waals surface area contributed by atoms with Crippen molar-refractivity contribution in [3.05, 3.63) is 65.4 Å². The Kier molecular flexibility index (Phi) is 5.69. The molecule has 0 fully saturated rings. The lowest BCUT2D eigenvalue weighted by molar-refractivity contribution is -0.137. The molecule has 32 heavy (non-hydrogen) atoms. The van der Waals surface area contributed by atoms with E-state index in [2.05, 4.69) is 19.9 Å². The minimum Gasteiger partial charge on any atom is -0.506 e. The number of H-pyrrole nitrogens is 1. The minimum atomic E-state index is -4.82. The average molecular weight is 501 g/mol. The maximum Gasteiger partial charge on any atom is 0.417 e. The van der Waals surface area contributed by atoms with Crippen LogP contribution in [-0.2, 0) is 16.2 Å². The standard InChI is InChI=1S/C19H12ClF3N4O3S2/c20-14-6-5-10(7-13(14)19(21,22)23)32(29,30)27-15-8-16(31-18-24-9-25-26-18)17(28)12-4-2-1-3-11(12)15/h1-9,27-28H,(H,24,25,26). The predicted molar refractivity (Wildman–Crippen MR) is 113 cm³/mol. The summed E-state index contributed by atoms with van der Waals surface area (Å²) < 4.78 is 67.7. The summed E-state index contributed by atoms with van der Waals surface area (Å²) in [7, 11) is -4.43. The van der Waals surface area contributed by atoms with Crippen molar-refractivity contribution in [2.45, 2.75) is 21.1 Å². The number of anilines is 1. The van der Waals surface area contributed by atoms with E-state index in [-0.39, 0.29) is 16.3 Å². The molecule has 0 aliphatic rings. The Hall–Kier alpha value is -2.96. The van der Waals surface area contributed by atoms with E-state index in [1.165, 1.54) is 12.4 Å². The number of hydrogen-bond donors (Lipinski definition) is 3. The third kappa shape index (κ3) is 4.33. The molecule has 0 saturated heterocycles. The predicted octanol–water partition coefficient (Wildman–Crippen LogP) is 5.29. The summed E-state index contributed by atoms with van der Waals surface area (Å²) in [4.78, 5) is 3.59. The molecule has 1 aromatic heterocycles. The van der Waals surface area contributed by atoms with Crippen LogP contribution in [0.1, 0.15) is 5.56 Å². The second-order valence-corrected chi connectivity index (χ2v) is 9.57. The third-order valence-electron chi connectivity index (χ3n) is 4.38. The number of aromatic nitrogens is 3. The first-order valence-corrected chi connectivity index (χ1v) is 11.4. The van der Waals surface area contributed by atoms with E-state index in [0.717, 1.165) is 23.9 Å². The van der Waals surface area contributed by atoms with Gasteiger partial charge in [0.15, 0.2) is 5.16 Å². The van der Waals surface area contributed by atoms with Crippen LogP contribution in [0.2, 0.25) is 5.02 Å². The maximum absolute atomic E-state index is 13.2. The fraction of sp³-hybridized carbons (Fsp3) is 0.0526. The largest absolute Gasteiger partial charge is 0.506 e. The SMILES string of the molecule is O=S(=O)(Nc1cc(Sc2ncn[nH]2)c(O)c2ccccc12)c1ccc(Cl)c(C(F)(F)F)c1. The zero-order valence-corrected chi connectivity index (χ0v) is 18.1. The van der Waals surface area contributed by atoms with Crippen molar-refractivity contribution >= 4 is 49.8 Å². The number of sulfonamides is 1. The van der Waals surface area contributed by atoms with Crippen LogP contribution in [0.15, 0.2) is 69.8 Å². The summed E-state index contributed by atoms with van der Waals surface area (Å²) in [5, 5.41) is 17.4.